The molecule has 0 saturated carbocycles. The summed E-state index contributed by atoms with van der Waals surface area (Å²) in [5.41, 5.74) is 0. The van der Waals surface area contributed by atoms with E-state index >= 15 is 0 Å². The lowest BCUT2D eigenvalue weighted by Crippen LogP contribution is -2.41. The van der Waals surface area contributed by atoms with Crippen LogP contribution in [0.3, 0.4) is 0 Å². The maximum Gasteiger partial charge on any atom is 0.232 e. The minimum absolute atomic E-state index is 0.00144. The predicted octanol–water partition coefficient (Wildman–Crippen LogP) is 2.84. The molecule has 0 aromatic heterocycles. The summed E-state index contributed by atoms with van der Waals surface area (Å²) < 4.78 is 0. The van der Waals surface area contributed by atoms with Gasteiger partial charge in [0.15, 0.2) is 0 Å². The Morgan fingerprint density at radius 2 is 1.75 bits per heavy atom. The first-order valence-corrected chi connectivity index (χ1v) is 6.27. The Balaban J connectivity index is 4.64. The van der Waals surface area contributed by atoms with Gasteiger partial charge in [-0.1, -0.05) is 34.1 Å². The zero-order valence-corrected chi connectivity index (χ0v) is 11.2. The molecule has 3 nitrogen and oxygen atoms in total. The molecule has 0 aromatic rings. The molecule has 0 bridgehead atoms. The fraction of sp³-hybridized carbons (Fsp3) is 0.846. The molecule has 16 heavy (non-hydrogen) atoms. The fourth-order valence-corrected chi connectivity index (χ4v) is 1.87. The maximum atomic E-state index is 12.2. The second kappa shape index (κ2) is 7.42. The third-order valence-corrected chi connectivity index (χ3v) is 2.94. The molecule has 1 unspecified atom stereocenters. The Bertz CT molecular complexity index is 236. The molecular formula is C13H25NO2. The number of amides is 2. The molecule has 0 spiro atoms. The molecule has 0 saturated heterocycles. The van der Waals surface area contributed by atoms with Gasteiger partial charge in [-0.15, -0.1) is 0 Å². The van der Waals surface area contributed by atoms with Gasteiger partial charge in [0.05, 0.1) is 0 Å². The molecule has 0 aliphatic rings. The van der Waals surface area contributed by atoms with Crippen LogP contribution in [0.5, 0.6) is 0 Å². The van der Waals surface area contributed by atoms with Crippen LogP contribution in [0.15, 0.2) is 0 Å². The van der Waals surface area contributed by atoms with Crippen LogP contribution < -0.4 is 0 Å². The van der Waals surface area contributed by atoms with E-state index in [4.69, 9.17) is 0 Å². The van der Waals surface area contributed by atoms with Crippen molar-refractivity contribution >= 4 is 11.8 Å². The molecule has 0 N–H and O–H groups in total. The van der Waals surface area contributed by atoms with Crippen LogP contribution in [0.4, 0.5) is 0 Å². The molecule has 1 atom stereocenters. The van der Waals surface area contributed by atoms with E-state index in [9.17, 15) is 9.59 Å². The Morgan fingerprint density at radius 1 is 1.19 bits per heavy atom. The number of carbonyl (C=O) groups excluding carboxylic acids is 2. The van der Waals surface area contributed by atoms with Crippen LogP contribution in [-0.4, -0.2) is 23.3 Å². The van der Waals surface area contributed by atoms with E-state index in [1.807, 2.05) is 20.8 Å². The summed E-state index contributed by atoms with van der Waals surface area (Å²) in [6.07, 6.45) is 2.68. The lowest BCUT2D eigenvalue weighted by atomic mass is 9.91. The van der Waals surface area contributed by atoms with E-state index in [1.54, 1.807) is 0 Å². The highest BCUT2D eigenvalue weighted by Crippen LogP contribution is 2.18. The van der Waals surface area contributed by atoms with E-state index in [0.29, 0.717) is 12.5 Å². The van der Waals surface area contributed by atoms with E-state index in [0.717, 1.165) is 19.3 Å². The molecule has 0 aliphatic carbocycles. The van der Waals surface area contributed by atoms with Crippen molar-refractivity contribution in [1.29, 1.82) is 0 Å². The zero-order valence-electron chi connectivity index (χ0n) is 11.2. The van der Waals surface area contributed by atoms with Crippen molar-refractivity contribution in [2.24, 2.45) is 11.8 Å². The second-order valence-corrected chi connectivity index (χ2v) is 4.62. The van der Waals surface area contributed by atoms with E-state index in [1.165, 1.54) is 11.8 Å². The van der Waals surface area contributed by atoms with Crippen molar-refractivity contribution in [2.75, 3.05) is 6.54 Å². The summed E-state index contributed by atoms with van der Waals surface area (Å²) in [5, 5.41) is 0. The van der Waals surface area contributed by atoms with Crippen LogP contribution in [0.1, 0.15) is 53.9 Å². The average Bonchev–Trinajstić information content (AvgIpc) is 2.18. The van der Waals surface area contributed by atoms with Gasteiger partial charge >= 0.3 is 0 Å². The van der Waals surface area contributed by atoms with Crippen LogP contribution in [-0.2, 0) is 9.59 Å². The molecule has 0 aromatic carbocycles. The highest BCUT2D eigenvalue weighted by molar-refractivity contribution is 5.95. The fourth-order valence-electron chi connectivity index (χ4n) is 1.87. The number of imide groups is 1. The van der Waals surface area contributed by atoms with Crippen molar-refractivity contribution < 1.29 is 9.59 Å². The number of unbranched alkanes of at least 4 members (excludes halogenated alkanes) is 1. The minimum atomic E-state index is -0.127. The summed E-state index contributed by atoms with van der Waals surface area (Å²) >= 11 is 0. The summed E-state index contributed by atoms with van der Waals surface area (Å²) in [4.78, 5) is 25.0. The third-order valence-electron chi connectivity index (χ3n) is 2.94. The number of hydrogen-bond acceptors (Lipinski definition) is 2. The summed E-state index contributed by atoms with van der Waals surface area (Å²) in [7, 11) is 0. The van der Waals surface area contributed by atoms with Gasteiger partial charge in [-0.05, 0) is 18.8 Å². The van der Waals surface area contributed by atoms with Crippen LogP contribution in [0.2, 0.25) is 0 Å². The van der Waals surface area contributed by atoms with Gasteiger partial charge in [-0.3, -0.25) is 14.5 Å². The highest BCUT2D eigenvalue weighted by atomic mass is 16.2. The smallest absolute Gasteiger partial charge is 0.232 e. The Labute approximate surface area is 99.2 Å². The highest BCUT2D eigenvalue weighted by Gasteiger charge is 2.27. The Morgan fingerprint density at radius 3 is 2.06 bits per heavy atom. The molecule has 3 heteroatoms. The van der Waals surface area contributed by atoms with Gasteiger partial charge in [0.2, 0.25) is 11.8 Å². The first-order chi connectivity index (χ1) is 7.45. The summed E-state index contributed by atoms with van der Waals surface area (Å²) in [6, 6.07) is 0. The summed E-state index contributed by atoms with van der Waals surface area (Å²) in [5.74, 6) is 0.137. The molecule has 0 radical (unpaired) electrons. The Kier molecular flexibility index (Phi) is 7.02. The topological polar surface area (TPSA) is 37.4 Å². The van der Waals surface area contributed by atoms with Gasteiger partial charge < -0.3 is 0 Å². The third kappa shape index (κ3) is 4.33. The van der Waals surface area contributed by atoms with Gasteiger partial charge in [0.25, 0.3) is 0 Å². The van der Waals surface area contributed by atoms with Crippen molar-refractivity contribution in [3.8, 4) is 0 Å². The van der Waals surface area contributed by atoms with Gasteiger partial charge in [-0.2, -0.15) is 0 Å². The molecule has 0 rings (SSSR count). The molecule has 2 amide bonds. The zero-order chi connectivity index (χ0) is 12.7. The SMILES string of the molecule is CCCCN(C(C)=O)C(=O)C(CC)C(C)C. The lowest BCUT2D eigenvalue weighted by molar-refractivity contribution is -0.147. The molecule has 0 heterocycles. The molecular weight excluding hydrogens is 202 g/mol. The average molecular weight is 227 g/mol. The van der Waals surface area contributed by atoms with Crippen molar-refractivity contribution in [3.63, 3.8) is 0 Å². The Hall–Kier alpha value is -0.860. The minimum Gasteiger partial charge on any atom is -0.283 e. The first-order valence-electron chi connectivity index (χ1n) is 6.27. The number of hydrogen-bond donors (Lipinski definition) is 0. The quantitative estimate of drug-likeness (QED) is 0.699. The van der Waals surface area contributed by atoms with E-state index < -0.39 is 0 Å². The number of rotatable bonds is 6. The van der Waals surface area contributed by atoms with Crippen LogP contribution in [0, 0.1) is 11.8 Å². The standard InChI is InChI=1S/C13H25NO2/c1-6-8-9-14(11(5)15)13(16)12(7-2)10(3)4/h10,12H,6-9H2,1-5H3. The number of carbonyl (C=O) groups is 2. The van der Waals surface area contributed by atoms with Gasteiger partial charge in [0.1, 0.15) is 0 Å². The number of nitrogens with zero attached hydrogens (tertiary/aromatic N) is 1. The normalized spacial score (nSPS) is 12.6. The van der Waals surface area contributed by atoms with E-state index in [2.05, 4.69) is 6.92 Å². The van der Waals surface area contributed by atoms with Crippen LogP contribution >= 0.6 is 0 Å². The molecule has 0 fully saturated rings. The van der Waals surface area contributed by atoms with Crippen LogP contribution in [0.25, 0.3) is 0 Å². The lowest BCUT2D eigenvalue weighted by Gasteiger charge is -2.26. The molecule has 0 aliphatic heterocycles. The molecule has 94 valence electrons. The van der Waals surface area contributed by atoms with Crippen molar-refractivity contribution in [2.45, 2.75) is 53.9 Å². The monoisotopic (exact) mass is 227 g/mol. The predicted molar refractivity (Wildman–Crippen MR) is 65.9 cm³/mol. The van der Waals surface area contributed by atoms with Gasteiger partial charge in [0, 0.05) is 19.4 Å². The van der Waals surface area contributed by atoms with E-state index in [-0.39, 0.29) is 17.7 Å². The summed E-state index contributed by atoms with van der Waals surface area (Å²) in [6.45, 7) is 10.2. The van der Waals surface area contributed by atoms with Crippen molar-refractivity contribution in [1.82, 2.24) is 4.90 Å². The second-order valence-electron chi connectivity index (χ2n) is 4.62. The maximum absolute atomic E-state index is 12.2. The first kappa shape index (κ1) is 15.1. The largest absolute Gasteiger partial charge is 0.283 e. The van der Waals surface area contributed by atoms with Crippen molar-refractivity contribution in [3.05, 3.63) is 0 Å². The van der Waals surface area contributed by atoms with Gasteiger partial charge in [-0.25, -0.2) is 0 Å².